The van der Waals surface area contributed by atoms with Gasteiger partial charge in [0.1, 0.15) is 0 Å². The normalized spacial score (nSPS) is 33.2. The van der Waals surface area contributed by atoms with Crippen LogP contribution in [0.15, 0.2) is 30.3 Å². The van der Waals surface area contributed by atoms with Crippen LogP contribution in [0.25, 0.3) is 0 Å². The number of para-hydroxylation sites is 1. The molecule has 0 heterocycles. The number of benzene rings is 1. The number of carbonyl (C=O) groups excluding carboxylic acids is 2. The molecule has 4 saturated carbocycles. The monoisotopic (exact) mass is 344 g/mol. The molecule has 0 saturated heterocycles. The molecular formula is C19H24N2O2S. The summed E-state index contributed by atoms with van der Waals surface area (Å²) in [6.45, 7) is 0. The molecular weight excluding hydrogens is 320 g/mol. The van der Waals surface area contributed by atoms with E-state index in [1.54, 1.807) is 23.9 Å². The minimum Gasteiger partial charge on any atom is -0.308 e. The molecule has 5 heteroatoms. The molecule has 0 atom stereocenters. The summed E-state index contributed by atoms with van der Waals surface area (Å²) in [7, 11) is 0. The van der Waals surface area contributed by atoms with Crippen LogP contribution < -0.4 is 10.6 Å². The largest absolute Gasteiger partial charge is 0.325 e. The topological polar surface area (TPSA) is 58.2 Å². The van der Waals surface area contributed by atoms with Crippen molar-refractivity contribution in [3.63, 3.8) is 0 Å². The fourth-order valence-corrected chi connectivity index (χ4v) is 6.84. The van der Waals surface area contributed by atoms with Crippen LogP contribution in [0.2, 0.25) is 0 Å². The number of carbonyl (C=O) groups is 2. The van der Waals surface area contributed by atoms with Gasteiger partial charge in [-0.2, -0.15) is 0 Å². The highest BCUT2D eigenvalue weighted by Gasteiger charge is 2.51. The van der Waals surface area contributed by atoms with Crippen molar-refractivity contribution in [1.29, 1.82) is 0 Å². The predicted molar refractivity (Wildman–Crippen MR) is 97.0 cm³/mol. The minimum atomic E-state index is -0.447. The minimum absolute atomic E-state index is 0.191. The Labute approximate surface area is 147 Å². The van der Waals surface area contributed by atoms with Crippen molar-refractivity contribution in [1.82, 2.24) is 5.32 Å². The fraction of sp³-hybridized carbons (Fsp3) is 0.579. The third-order valence-electron chi connectivity index (χ3n) is 5.78. The van der Waals surface area contributed by atoms with Gasteiger partial charge in [0.15, 0.2) is 0 Å². The quantitative estimate of drug-likeness (QED) is 0.867. The number of anilines is 1. The third-order valence-corrected chi connectivity index (χ3v) is 7.30. The van der Waals surface area contributed by atoms with Crippen molar-refractivity contribution in [2.75, 3.05) is 11.1 Å². The van der Waals surface area contributed by atoms with E-state index < -0.39 is 6.03 Å². The molecule has 1 aromatic carbocycles. The van der Waals surface area contributed by atoms with Gasteiger partial charge < -0.3 is 5.32 Å². The van der Waals surface area contributed by atoms with Gasteiger partial charge in [-0.3, -0.25) is 10.1 Å². The number of urea groups is 1. The van der Waals surface area contributed by atoms with Crippen LogP contribution in [0, 0.1) is 17.8 Å². The molecule has 2 N–H and O–H groups in total. The summed E-state index contributed by atoms with van der Waals surface area (Å²) in [4.78, 5) is 24.0. The molecule has 3 amide bonds. The second-order valence-corrected chi connectivity index (χ2v) is 9.20. The molecule has 0 spiro atoms. The first-order chi connectivity index (χ1) is 11.6. The Bertz CT molecular complexity index is 596. The zero-order chi connectivity index (χ0) is 16.6. The van der Waals surface area contributed by atoms with Crippen molar-refractivity contribution in [3.05, 3.63) is 30.3 Å². The Balaban J connectivity index is 1.27. The van der Waals surface area contributed by atoms with Crippen molar-refractivity contribution < 1.29 is 9.59 Å². The summed E-state index contributed by atoms with van der Waals surface area (Å²) in [6.07, 6.45) is 8.04. The van der Waals surface area contributed by atoms with Crippen LogP contribution >= 0.6 is 11.8 Å². The lowest BCUT2D eigenvalue weighted by molar-refractivity contribution is -0.117. The van der Waals surface area contributed by atoms with E-state index in [0.717, 1.165) is 17.8 Å². The van der Waals surface area contributed by atoms with Crippen molar-refractivity contribution >= 4 is 29.4 Å². The maximum Gasteiger partial charge on any atom is 0.325 e. The highest BCUT2D eigenvalue weighted by atomic mass is 32.2. The number of thioether (sulfide) groups is 1. The zero-order valence-corrected chi connectivity index (χ0v) is 14.6. The molecule has 128 valence electrons. The summed E-state index contributed by atoms with van der Waals surface area (Å²) in [5.74, 6) is 2.84. The lowest BCUT2D eigenvalue weighted by Crippen LogP contribution is -2.49. The zero-order valence-electron chi connectivity index (χ0n) is 13.8. The highest BCUT2D eigenvalue weighted by molar-refractivity contribution is 8.01. The van der Waals surface area contributed by atoms with E-state index >= 15 is 0 Å². The Morgan fingerprint density at radius 1 is 1.00 bits per heavy atom. The number of amides is 3. The first-order valence-corrected chi connectivity index (χ1v) is 9.89. The number of rotatable bonds is 4. The Morgan fingerprint density at radius 2 is 1.58 bits per heavy atom. The summed E-state index contributed by atoms with van der Waals surface area (Å²) in [6, 6.07) is 8.73. The van der Waals surface area contributed by atoms with Gasteiger partial charge in [-0.25, -0.2) is 4.79 Å². The highest BCUT2D eigenvalue weighted by Crippen LogP contribution is 2.60. The molecule has 4 aliphatic rings. The predicted octanol–water partition coefficient (Wildman–Crippen LogP) is 4.04. The molecule has 4 bridgehead atoms. The lowest BCUT2D eigenvalue weighted by atomic mass is 9.56. The average Bonchev–Trinajstić information content (AvgIpc) is 2.53. The van der Waals surface area contributed by atoms with Crippen LogP contribution in [0.3, 0.4) is 0 Å². The third kappa shape index (κ3) is 3.46. The van der Waals surface area contributed by atoms with Gasteiger partial charge >= 0.3 is 6.03 Å². The first kappa shape index (κ1) is 16.0. The smallest absolute Gasteiger partial charge is 0.308 e. The van der Waals surface area contributed by atoms with Crippen LogP contribution in [0.5, 0.6) is 0 Å². The molecule has 24 heavy (non-hydrogen) atoms. The van der Waals surface area contributed by atoms with E-state index in [9.17, 15) is 9.59 Å². The second-order valence-electron chi connectivity index (χ2n) is 7.76. The number of nitrogens with one attached hydrogen (secondary N) is 2. The molecule has 4 nitrogen and oxygen atoms in total. The van der Waals surface area contributed by atoms with E-state index in [2.05, 4.69) is 10.6 Å². The van der Waals surface area contributed by atoms with Crippen molar-refractivity contribution in [2.24, 2.45) is 17.8 Å². The molecule has 0 aromatic heterocycles. The Hall–Kier alpha value is -1.49. The SMILES string of the molecule is O=C(CSC12CC3CC(CC(C3)C1)C2)NC(=O)Nc1ccccc1. The van der Waals surface area contributed by atoms with Gasteiger partial charge in [-0.1, -0.05) is 18.2 Å². The van der Waals surface area contributed by atoms with Gasteiger partial charge in [0.05, 0.1) is 5.75 Å². The Morgan fingerprint density at radius 3 is 2.17 bits per heavy atom. The lowest BCUT2D eigenvalue weighted by Gasteiger charge is -2.56. The number of hydrogen-bond acceptors (Lipinski definition) is 3. The van der Waals surface area contributed by atoms with E-state index in [1.165, 1.54) is 38.5 Å². The average molecular weight is 344 g/mol. The van der Waals surface area contributed by atoms with Crippen LogP contribution in [-0.4, -0.2) is 22.4 Å². The number of imide groups is 1. The first-order valence-electron chi connectivity index (χ1n) is 8.90. The maximum atomic E-state index is 12.1. The van der Waals surface area contributed by atoms with Crippen LogP contribution in [0.1, 0.15) is 38.5 Å². The van der Waals surface area contributed by atoms with Gasteiger partial charge in [0, 0.05) is 10.4 Å². The standard InChI is InChI=1S/C19H24N2O2S/c22-17(21-18(23)20-16-4-2-1-3-5-16)12-24-19-9-13-6-14(10-19)8-15(7-13)11-19/h1-5,13-15H,6-12H2,(H2,20,21,22,23). The molecule has 0 aliphatic heterocycles. The van der Waals surface area contributed by atoms with Gasteiger partial charge in [-0.05, 0) is 68.4 Å². The summed E-state index contributed by atoms with van der Waals surface area (Å²) in [5.41, 5.74) is 0.691. The second kappa shape index (κ2) is 6.43. The molecule has 0 radical (unpaired) electrons. The number of hydrogen-bond donors (Lipinski definition) is 2. The fourth-order valence-electron chi connectivity index (χ4n) is 5.27. The summed E-state index contributed by atoms with van der Waals surface area (Å²) >= 11 is 1.80. The van der Waals surface area contributed by atoms with E-state index in [1.807, 2.05) is 18.2 Å². The molecule has 4 aliphatic carbocycles. The van der Waals surface area contributed by atoms with E-state index in [4.69, 9.17) is 0 Å². The Kier molecular flexibility index (Phi) is 4.29. The van der Waals surface area contributed by atoms with Gasteiger partial charge in [0.2, 0.25) is 5.91 Å². The van der Waals surface area contributed by atoms with Gasteiger partial charge in [-0.15, -0.1) is 11.8 Å². The van der Waals surface area contributed by atoms with E-state index in [0.29, 0.717) is 16.2 Å². The van der Waals surface area contributed by atoms with Gasteiger partial charge in [0.25, 0.3) is 0 Å². The maximum absolute atomic E-state index is 12.1. The van der Waals surface area contributed by atoms with E-state index in [-0.39, 0.29) is 5.91 Å². The van der Waals surface area contributed by atoms with Crippen molar-refractivity contribution in [3.8, 4) is 0 Å². The summed E-state index contributed by atoms with van der Waals surface area (Å²) in [5, 5.41) is 5.14. The molecule has 1 aromatic rings. The van der Waals surface area contributed by atoms with Crippen molar-refractivity contribution in [2.45, 2.75) is 43.3 Å². The molecule has 4 fully saturated rings. The molecule has 5 rings (SSSR count). The molecule has 0 unspecified atom stereocenters. The van der Waals surface area contributed by atoms with Crippen LogP contribution in [-0.2, 0) is 4.79 Å². The summed E-state index contributed by atoms with van der Waals surface area (Å²) < 4.78 is 0.308. The van der Waals surface area contributed by atoms with Crippen LogP contribution in [0.4, 0.5) is 10.5 Å².